The van der Waals surface area contributed by atoms with Gasteiger partial charge in [-0.05, 0) is 48.5 Å². The Hall–Kier alpha value is -4.20. The molecule has 0 unspecified atom stereocenters. The van der Waals surface area contributed by atoms with Crippen LogP contribution in [-0.4, -0.2) is 30.1 Å². The van der Waals surface area contributed by atoms with E-state index in [1.807, 2.05) is 0 Å². The molecule has 31 heavy (non-hydrogen) atoms. The molecule has 1 amide bonds. The number of benzene rings is 3. The Morgan fingerprint density at radius 2 is 1.68 bits per heavy atom. The van der Waals surface area contributed by atoms with Crippen molar-refractivity contribution in [2.24, 2.45) is 0 Å². The predicted octanol–water partition coefficient (Wildman–Crippen LogP) is 4.83. The topological polar surface area (TPSA) is 82.6 Å². The second-order valence-electron chi connectivity index (χ2n) is 6.49. The summed E-state index contributed by atoms with van der Waals surface area (Å²) in [5.74, 6) is 1.06. The number of nitrogens with one attached hydrogen (secondary N) is 1. The maximum absolute atomic E-state index is 13.1. The van der Waals surface area contributed by atoms with Gasteiger partial charge in [-0.15, -0.1) is 0 Å². The molecule has 0 saturated heterocycles. The van der Waals surface area contributed by atoms with Crippen LogP contribution in [0, 0.1) is 5.82 Å². The number of hydrogen-bond acceptors (Lipinski definition) is 6. The van der Waals surface area contributed by atoms with E-state index in [1.165, 1.54) is 37.7 Å². The van der Waals surface area contributed by atoms with Crippen molar-refractivity contribution in [1.82, 2.24) is 9.97 Å². The van der Waals surface area contributed by atoms with E-state index >= 15 is 0 Å². The lowest BCUT2D eigenvalue weighted by Crippen LogP contribution is -2.11. The van der Waals surface area contributed by atoms with Crippen LogP contribution in [0.15, 0.2) is 67.0 Å². The lowest BCUT2D eigenvalue weighted by Gasteiger charge is -2.12. The smallest absolute Gasteiger partial charge is 0.255 e. The predicted molar refractivity (Wildman–Crippen MR) is 114 cm³/mol. The molecular weight excluding hydrogens is 401 g/mol. The van der Waals surface area contributed by atoms with Crippen LogP contribution in [0.4, 0.5) is 10.1 Å². The van der Waals surface area contributed by atoms with Crippen LogP contribution < -0.4 is 19.5 Å². The van der Waals surface area contributed by atoms with Gasteiger partial charge < -0.3 is 19.5 Å². The molecule has 4 aromatic rings. The van der Waals surface area contributed by atoms with Crippen LogP contribution in [0.5, 0.6) is 23.1 Å². The maximum atomic E-state index is 13.1. The summed E-state index contributed by atoms with van der Waals surface area (Å²) >= 11 is 0. The number of aromatic nitrogens is 2. The van der Waals surface area contributed by atoms with Crippen LogP contribution in [0.1, 0.15) is 10.4 Å². The summed E-state index contributed by atoms with van der Waals surface area (Å²) in [5, 5.41) is 3.34. The lowest BCUT2D eigenvalue weighted by atomic mass is 10.2. The molecule has 0 atom stereocenters. The number of carbonyl (C=O) groups excluding carboxylic acids is 1. The van der Waals surface area contributed by atoms with Crippen molar-refractivity contribution >= 4 is 22.5 Å². The van der Waals surface area contributed by atoms with Crippen LogP contribution in [0.3, 0.4) is 0 Å². The van der Waals surface area contributed by atoms with Crippen LogP contribution >= 0.6 is 0 Å². The van der Waals surface area contributed by atoms with Crippen molar-refractivity contribution in [1.29, 1.82) is 0 Å². The minimum atomic E-state index is -0.375. The Balaban J connectivity index is 1.61. The van der Waals surface area contributed by atoms with Gasteiger partial charge in [-0.2, -0.15) is 0 Å². The summed E-state index contributed by atoms with van der Waals surface area (Å²) in [4.78, 5) is 21.0. The van der Waals surface area contributed by atoms with Crippen molar-refractivity contribution < 1.29 is 23.4 Å². The molecule has 1 N–H and O–H groups in total. The van der Waals surface area contributed by atoms with Gasteiger partial charge >= 0.3 is 0 Å². The van der Waals surface area contributed by atoms with Crippen LogP contribution in [-0.2, 0) is 0 Å². The molecule has 0 aliphatic heterocycles. The van der Waals surface area contributed by atoms with E-state index in [4.69, 9.17) is 14.2 Å². The highest BCUT2D eigenvalue weighted by Crippen LogP contribution is 2.35. The molecule has 0 bridgehead atoms. The normalized spacial score (nSPS) is 10.5. The molecule has 0 aliphatic carbocycles. The first-order valence-corrected chi connectivity index (χ1v) is 9.29. The molecule has 8 heteroatoms. The van der Waals surface area contributed by atoms with Crippen molar-refractivity contribution in [2.45, 2.75) is 0 Å². The van der Waals surface area contributed by atoms with Gasteiger partial charge in [0, 0.05) is 17.3 Å². The number of hydrogen-bond donors (Lipinski definition) is 1. The van der Waals surface area contributed by atoms with Crippen LogP contribution in [0.25, 0.3) is 10.9 Å². The summed E-state index contributed by atoms with van der Waals surface area (Å²) in [6.07, 6.45) is 1.38. The Bertz CT molecular complexity index is 1250. The highest BCUT2D eigenvalue weighted by molar-refractivity contribution is 6.04. The first-order chi connectivity index (χ1) is 15.1. The van der Waals surface area contributed by atoms with Crippen LogP contribution in [0.2, 0.25) is 0 Å². The van der Waals surface area contributed by atoms with Gasteiger partial charge in [0.25, 0.3) is 5.91 Å². The first-order valence-electron chi connectivity index (χ1n) is 9.29. The van der Waals surface area contributed by atoms with E-state index in [0.717, 1.165) is 0 Å². The maximum Gasteiger partial charge on any atom is 0.255 e. The summed E-state index contributed by atoms with van der Waals surface area (Å²) < 4.78 is 29.7. The van der Waals surface area contributed by atoms with Gasteiger partial charge in [-0.25, -0.2) is 14.4 Å². The molecule has 1 heterocycles. The highest BCUT2D eigenvalue weighted by Gasteiger charge is 2.13. The van der Waals surface area contributed by atoms with Gasteiger partial charge in [0.05, 0.1) is 25.1 Å². The molecule has 3 aromatic carbocycles. The lowest BCUT2D eigenvalue weighted by molar-refractivity contribution is 0.102. The molecule has 156 valence electrons. The standard InChI is InChI=1S/C23H18FN3O4/c1-29-20-11-18-19(12-21(20)30-2)25-13-26-23(18)31-17-5-3-4-14(10-17)22(28)27-16-8-6-15(24)7-9-16/h3-13H,1-2H3,(H,27,28). The molecule has 0 aliphatic rings. The number of nitrogens with zero attached hydrogens (tertiary/aromatic N) is 2. The summed E-state index contributed by atoms with van der Waals surface area (Å²) in [6, 6.07) is 15.6. The zero-order chi connectivity index (χ0) is 21.8. The number of anilines is 1. The van der Waals surface area contributed by atoms with Gasteiger partial charge in [0.1, 0.15) is 17.9 Å². The van der Waals surface area contributed by atoms with Crippen molar-refractivity contribution in [2.75, 3.05) is 19.5 Å². The average molecular weight is 419 g/mol. The van der Waals surface area contributed by atoms with E-state index in [2.05, 4.69) is 15.3 Å². The number of methoxy groups -OCH3 is 2. The third-order valence-electron chi connectivity index (χ3n) is 4.52. The number of halogens is 1. The number of carbonyl (C=O) groups is 1. The van der Waals surface area contributed by atoms with Gasteiger partial charge in [0.2, 0.25) is 5.88 Å². The number of amides is 1. The minimum Gasteiger partial charge on any atom is -0.493 e. The SMILES string of the molecule is COc1cc2ncnc(Oc3cccc(C(=O)Nc4ccc(F)cc4)c3)c2cc1OC. The third kappa shape index (κ3) is 4.37. The summed E-state index contributed by atoms with van der Waals surface area (Å²) in [7, 11) is 3.09. The fraction of sp³-hybridized carbons (Fsp3) is 0.0870. The Morgan fingerprint density at radius 1 is 0.935 bits per heavy atom. The highest BCUT2D eigenvalue weighted by atomic mass is 19.1. The molecule has 0 saturated carbocycles. The van der Waals surface area contributed by atoms with Gasteiger partial charge in [-0.3, -0.25) is 4.79 Å². The zero-order valence-electron chi connectivity index (χ0n) is 16.8. The average Bonchev–Trinajstić information content (AvgIpc) is 2.80. The first kappa shape index (κ1) is 20.1. The Morgan fingerprint density at radius 3 is 2.42 bits per heavy atom. The van der Waals surface area contributed by atoms with Gasteiger partial charge in [-0.1, -0.05) is 6.07 Å². The fourth-order valence-electron chi connectivity index (χ4n) is 2.99. The zero-order valence-corrected chi connectivity index (χ0v) is 16.8. The largest absolute Gasteiger partial charge is 0.493 e. The van der Waals surface area contributed by atoms with E-state index in [-0.39, 0.29) is 11.7 Å². The minimum absolute atomic E-state index is 0.307. The Kier molecular flexibility index (Phi) is 5.61. The van der Waals surface area contributed by atoms with E-state index in [0.29, 0.717) is 45.3 Å². The fourth-order valence-corrected chi connectivity index (χ4v) is 2.99. The molecular formula is C23H18FN3O4. The van der Waals surface area contributed by atoms with E-state index in [1.54, 1.807) is 43.5 Å². The van der Waals surface area contributed by atoms with Gasteiger partial charge in [0.15, 0.2) is 11.5 Å². The summed E-state index contributed by atoms with van der Waals surface area (Å²) in [6.45, 7) is 0. The van der Waals surface area contributed by atoms with Crippen molar-refractivity contribution in [3.63, 3.8) is 0 Å². The Labute approximate surface area is 177 Å². The van der Waals surface area contributed by atoms with E-state index in [9.17, 15) is 9.18 Å². The quantitative estimate of drug-likeness (QED) is 0.482. The molecule has 4 rings (SSSR count). The number of rotatable bonds is 6. The molecule has 0 spiro atoms. The monoisotopic (exact) mass is 419 g/mol. The molecule has 7 nitrogen and oxygen atoms in total. The molecule has 0 radical (unpaired) electrons. The second kappa shape index (κ2) is 8.66. The number of fused-ring (bicyclic) bond motifs is 1. The molecule has 1 aromatic heterocycles. The third-order valence-corrected chi connectivity index (χ3v) is 4.52. The summed E-state index contributed by atoms with van der Waals surface area (Å²) in [5.41, 5.74) is 1.48. The van der Waals surface area contributed by atoms with Crippen molar-refractivity contribution in [3.05, 3.63) is 78.4 Å². The second-order valence-corrected chi connectivity index (χ2v) is 6.49. The van der Waals surface area contributed by atoms with Crippen molar-refractivity contribution in [3.8, 4) is 23.1 Å². The number of ether oxygens (including phenoxy) is 3. The molecule has 0 fully saturated rings. The van der Waals surface area contributed by atoms with E-state index < -0.39 is 0 Å².